The lowest BCUT2D eigenvalue weighted by atomic mass is 9.97. The van der Waals surface area contributed by atoms with E-state index < -0.39 is 60.4 Å². The molecule has 0 radical (unpaired) electrons. The first kappa shape index (κ1) is 19.6. The first-order chi connectivity index (χ1) is 28.8. The van der Waals surface area contributed by atoms with Gasteiger partial charge in [0.15, 0.2) is 17.5 Å². The van der Waals surface area contributed by atoms with Gasteiger partial charge >= 0.3 is 0 Å². The number of fused-ring (bicyclic) bond motifs is 3. The van der Waals surface area contributed by atoms with Crippen LogP contribution >= 0.6 is 11.3 Å². The Labute approximate surface area is 304 Å². The van der Waals surface area contributed by atoms with Crippen molar-refractivity contribution in [3.05, 3.63) is 176 Å². The Morgan fingerprint density at radius 1 is 0.388 bits per heavy atom. The summed E-state index contributed by atoms with van der Waals surface area (Å²) in [5, 5.41) is 0.0184. The predicted molar refractivity (Wildman–Crippen MR) is 205 cm³/mol. The molecule has 0 spiro atoms. The average Bonchev–Trinajstić information content (AvgIpc) is 3.68. The number of nitrogens with zero attached hydrogens (tertiary/aromatic N) is 3. The number of thiophene rings is 1. The Balaban J connectivity index is 1.29. The zero-order valence-corrected chi connectivity index (χ0v) is 26.5. The van der Waals surface area contributed by atoms with Gasteiger partial charge in [0.2, 0.25) is 0 Å². The molecule has 2 aromatic heterocycles. The zero-order valence-electron chi connectivity index (χ0n) is 36.6. The van der Waals surface area contributed by atoms with Crippen LogP contribution in [-0.4, -0.2) is 15.0 Å². The fraction of sp³-hybridized carbons (Fsp3) is 0. The van der Waals surface area contributed by atoms with E-state index in [1.54, 1.807) is 0 Å². The van der Waals surface area contributed by atoms with E-state index in [0.717, 1.165) is 33.6 Å². The standard InChI is InChI=1S/C45H29N3S/c1-4-12-30(13-5-1)31-20-22-32(23-21-31)33-24-26-36(27-25-33)44-46-43(35-16-8-3-9-17-35)47-45(48-44)39-29-28-37(34-14-6-2-7-15-34)41-38-18-10-11-19-40(38)49-42(39)41/h1-29H/i2D,6D,7D,10D,11D,14D,15D,18D,19D,28D,29D. The van der Waals surface area contributed by atoms with Gasteiger partial charge in [-0.15, -0.1) is 11.3 Å². The molecule has 7 aromatic carbocycles. The first-order valence-electron chi connectivity index (χ1n) is 21.0. The van der Waals surface area contributed by atoms with Crippen molar-refractivity contribution in [2.24, 2.45) is 0 Å². The molecule has 0 atom stereocenters. The summed E-state index contributed by atoms with van der Waals surface area (Å²) in [7, 11) is 0. The topological polar surface area (TPSA) is 38.7 Å². The van der Waals surface area contributed by atoms with Crippen LogP contribution in [0.2, 0.25) is 0 Å². The molecule has 3 nitrogen and oxygen atoms in total. The maximum absolute atomic E-state index is 9.50. The third-order valence-electron chi connectivity index (χ3n) is 8.23. The molecule has 0 amide bonds. The van der Waals surface area contributed by atoms with Gasteiger partial charge in [0.25, 0.3) is 0 Å². The maximum atomic E-state index is 9.50. The van der Waals surface area contributed by atoms with Gasteiger partial charge in [-0.1, -0.05) is 164 Å². The van der Waals surface area contributed by atoms with Gasteiger partial charge in [0.05, 0.1) is 15.1 Å². The Morgan fingerprint density at radius 3 is 1.49 bits per heavy atom. The van der Waals surface area contributed by atoms with Crippen molar-refractivity contribution in [3.8, 4) is 67.5 Å². The van der Waals surface area contributed by atoms with Gasteiger partial charge in [-0.25, -0.2) is 15.0 Å². The molecule has 9 aromatic rings. The Hall–Kier alpha value is -6.23. The minimum absolute atomic E-state index is 0.0116. The summed E-state index contributed by atoms with van der Waals surface area (Å²) in [5.74, 6) is 0.497. The van der Waals surface area contributed by atoms with E-state index in [0.29, 0.717) is 11.1 Å². The summed E-state index contributed by atoms with van der Waals surface area (Å²) < 4.78 is 96.7. The molecule has 0 N–H and O–H groups in total. The SMILES string of the molecule is [2H]c1c([2H])c([2H])c(-c2c([2H])c([2H])c(-c3nc(-c4ccccc4)nc(-c4ccc(-c5ccc(-c6ccccc6)cc5)cc4)n3)c3sc4c([2H])c([2H])c([2H])c([2H])c4c23)c([2H])c1[2H]. The largest absolute Gasteiger partial charge is 0.208 e. The van der Waals surface area contributed by atoms with Gasteiger partial charge in [0.1, 0.15) is 0 Å². The third-order valence-corrected chi connectivity index (χ3v) is 9.36. The normalized spacial score (nSPS) is 14.4. The number of benzene rings is 7. The van der Waals surface area contributed by atoms with Crippen molar-refractivity contribution < 1.29 is 15.1 Å². The highest BCUT2D eigenvalue weighted by molar-refractivity contribution is 7.26. The van der Waals surface area contributed by atoms with Crippen molar-refractivity contribution in [1.82, 2.24) is 15.0 Å². The van der Waals surface area contributed by atoms with E-state index in [4.69, 9.17) is 27.3 Å². The third kappa shape index (κ3) is 5.48. The molecule has 9 rings (SSSR count). The number of rotatable bonds is 6. The Morgan fingerprint density at radius 2 is 0.857 bits per heavy atom. The van der Waals surface area contributed by atoms with Crippen molar-refractivity contribution in [3.63, 3.8) is 0 Å². The van der Waals surface area contributed by atoms with Crippen molar-refractivity contribution >= 4 is 31.5 Å². The molecule has 0 aliphatic carbocycles. The lowest BCUT2D eigenvalue weighted by Crippen LogP contribution is -2.00. The summed E-state index contributed by atoms with van der Waals surface area (Å²) in [6, 6.07) is 29.2. The van der Waals surface area contributed by atoms with E-state index in [-0.39, 0.29) is 60.4 Å². The second-order valence-electron chi connectivity index (χ2n) is 11.2. The molecule has 0 unspecified atom stereocenters. The lowest BCUT2D eigenvalue weighted by Gasteiger charge is -2.11. The molecule has 0 aliphatic rings. The minimum atomic E-state index is -0.652. The number of aromatic nitrogens is 3. The second kappa shape index (κ2) is 12.4. The Bertz CT molecular complexity index is 3170. The number of hydrogen-bond acceptors (Lipinski definition) is 4. The highest BCUT2D eigenvalue weighted by Crippen LogP contribution is 2.44. The van der Waals surface area contributed by atoms with Crippen LogP contribution in [0.1, 0.15) is 15.1 Å². The zero-order chi connectivity index (χ0) is 42.1. The lowest BCUT2D eigenvalue weighted by molar-refractivity contribution is 1.08. The minimum Gasteiger partial charge on any atom is -0.208 e. The molecule has 0 aliphatic heterocycles. The second-order valence-corrected chi connectivity index (χ2v) is 12.2. The van der Waals surface area contributed by atoms with Gasteiger partial charge in [-0.2, -0.15) is 0 Å². The van der Waals surface area contributed by atoms with Crippen LogP contribution in [0.3, 0.4) is 0 Å². The fourth-order valence-corrected chi connectivity index (χ4v) is 6.94. The summed E-state index contributed by atoms with van der Waals surface area (Å²) in [6.45, 7) is 0. The van der Waals surface area contributed by atoms with Crippen molar-refractivity contribution in [2.75, 3.05) is 0 Å². The predicted octanol–water partition coefficient (Wildman–Crippen LogP) is 12.2. The highest BCUT2D eigenvalue weighted by atomic mass is 32.1. The maximum Gasteiger partial charge on any atom is 0.165 e. The quantitative estimate of drug-likeness (QED) is 0.179. The van der Waals surface area contributed by atoms with Gasteiger partial charge < -0.3 is 0 Å². The summed E-state index contributed by atoms with van der Waals surface area (Å²) in [4.78, 5) is 14.6. The van der Waals surface area contributed by atoms with E-state index in [1.165, 1.54) is 0 Å². The fourth-order valence-electron chi connectivity index (χ4n) is 5.83. The molecule has 0 fully saturated rings. The first-order valence-corrected chi connectivity index (χ1v) is 16.3. The van der Waals surface area contributed by atoms with Gasteiger partial charge in [-0.3, -0.25) is 0 Å². The van der Waals surface area contributed by atoms with Crippen molar-refractivity contribution in [2.45, 2.75) is 0 Å². The smallest absolute Gasteiger partial charge is 0.165 e. The van der Waals surface area contributed by atoms with Gasteiger partial charge in [-0.05, 0) is 45.5 Å². The summed E-state index contributed by atoms with van der Waals surface area (Å²) in [5.41, 5.74) is 4.88. The van der Waals surface area contributed by atoms with E-state index in [9.17, 15) is 2.74 Å². The van der Waals surface area contributed by atoms with Crippen LogP contribution in [-0.2, 0) is 0 Å². The molecule has 0 bridgehead atoms. The molecule has 4 heteroatoms. The van der Waals surface area contributed by atoms with Crippen LogP contribution in [0.5, 0.6) is 0 Å². The van der Waals surface area contributed by atoms with Gasteiger partial charge in [0, 0.05) is 36.9 Å². The molecule has 2 heterocycles. The monoisotopic (exact) mass is 654 g/mol. The van der Waals surface area contributed by atoms with Crippen LogP contribution in [0.4, 0.5) is 0 Å². The molecule has 49 heavy (non-hydrogen) atoms. The summed E-state index contributed by atoms with van der Waals surface area (Å²) >= 11 is 0.936. The average molecular weight is 655 g/mol. The molecule has 0 saturated heterocycles. The summed E-state index contributed by atoms with van der Waals surface area (Å²) in [6.07, 6.45) is 0. The van der Waals surface area contributed by atoms with Crippen molar-refractivity contribution in [1.29, 1.82) is 0 Å². The van der Waals surface area contributed by atoms with Crippen LogP contribution in [0.15, 0.2) is 176 Å². The molecule has 0 saturated carbocycles. The molecular formula is C45H29N3S. The Kier molecular flexibility index (Phi) is 4.96. The number of hydrogen-bond donors (Lipinski definition) is 0. The van der Waals surface area contributed by atoms with Crippen LogP contribution in [0.25, 0.3) is 87.7 Å². The van der Waals surface area contributed by atoms with Crippen LogP contribution < -0.4 is 0 Å². The van der Waals surface area contributed by atoms with E-state index in [1.807, 2.05) is 72.8 Å². The van der Waals surface area contributed by atoms with Crippen LogP contribution in [0, 0.1) is 0 Å². The molecule has 230 valence electrons. The van der Waals surface area contributed by atoms with E-state index in [2.05, 4.69) is 36.4 Å². The highest BCUT2D eigenvalue weighted by Gasteiger charge is 2.19. The molecular weight excluding hydrogens is 615 g/mol. The van der Waals surface area contributed by atoms with E-state index >= 15 is 0 Å².